The van der Waals surface area contributed by atoms with Crippen LogP contribution in [0.15, 0.2) is 42.1 Å². The van der Waals surface area contributed by atoms with E-state index in [0.717, 1.165) is 45.4 Å². The molecule has 0 unspecified atom stereocenters. The van der Waals surface area contributed by atoms with Crippen LogP contribution in [0.1, 0.15) is 19.3 Å². The number of allylic oxidation sites excluding steroid dienone is 2. The molecule has 1 saturated heterocycles. The van der Waals surface area contributed by atoms with Crippen molar-refractivity contribution in [3.8, 4) is 0 Å². The maximum Gasteiger partial charge on any atom is 0.157 e. The number of rotatable bonds is 2. The Balaban J connectivity index is 1.62. The van der Waals surface area contributed by atoms with Gasteiger partial charge in [-0.1, -0.05) is 18.2 Å². The molecule has 2 aliphatic rings. The summed E-state index contributed by atoms with van der Waals surface area (Å²) in [5.41, 5.74) is 2.56. The van der Waals surface area contributed by atoms with E-state index < -0.39 is 0 Å². The highest BCUT2D eigenvalue weighted by Gasteiger charge is 2.21. The summed E-state index contributed by atoms with van der Waals surface area (Å²) in [5.74, 6) is 0.298. The highest BCUT2D eigenvalue weighted by molar-refractivity contribution is 5.91. The third-order valence-electron chi connectivity index (χ3n) is 3.99. The highest BCUT2D eigenvalue weighted by Crippen LogP contribution is 2.22. The number of anilines is 1. The number of ketones is 1. The number of hydrogen-bond acceptors (Lipinski definition) is 3. The Bertz CT molecular complexity index is 473. The molecule has 0 saturated carbocycles. The number of benzene rings is 1. The Labute approximate surface area is 114 Å². The molecule has 3 rings (SSSR count). The van der Waals surface area contributed by atoms with Crippen LogP contribution in [0.25, 0.3) is 0 Å². The van der Waals surface area contributed by atoms with Crippen molar-refractivity contribution >= 4 is 11.5 Å². The van der Waals surface area contributed by atoms with Gasteiger partial charge in [-0.25, -0.2) is 0 Å². The molecular formula is C16H20N2O. The Morgan fingerprint density at radius 1 is 0.842 bits per heavy atom. The molecule has 0 amide bonds. The highest BCUT2D eigenvalue weighted by atomic mass is 16.1. The molecule has 0 atom stereocenters. The molecule has 3 heteroatoms. The van der Waals surface area contributed by atoms with E-state index >= 15 is 0 Å². The second-order valence-electron chi connectivity index (χ2n) is 5.27. The molecule has 1 aromatic carbocycles. The van der Waals surface area contributed by atoms with Crippen molar-refractivity contribution in [1.29, 1.82) is 0 Å². The van der Waals surface area contributed by atoms with Crippen LogP contribution in [-0.4, -0.2) is 36.9 Å². The summed E-state index contributed by atoms with van der Waals surface area (Å²) in [6.07, 6.45) is 4.68. The van der Waals surface area contributed by atoms with Crippen molar-refractivity contribution in [3.63, 3.8) is 0 Å². The summed E-state index contributed by atoms with van der Waals surface area (Å²) >= 11 is 0. The van der Waals surface area contributed by atoms with Crippen LogP contribution in [0.2, 0.25) is 0 Å². The van der Waals surface area contributed by atoms with E-state index in [1.54, 1.807) is 0 Å². The second-order valence-corrected chi connectivity index (χ2v) is 5.27. The largest absolute Gasteiger partial charge is 0.371 e. The first-order valence-electron chi connectivity index (χ1n) is 7.11. The zero-order valence-corrected chi connectivity index (χ0v) is 11.2. The first-order valence-corrected chi connectivity index (χ1v) is 7.11. The van der Waals surface area contributed by atoms with Crippen molar-refractivity contribution in [2.24, 2.45) is 0 Å². The minimum absolute atomic E-state index is 0.298. The van der Waals surface area contributed by atoms with E-state index in [1.165, 1.54) is 11.4 Å². The van der Waals surface area contributed by atoms with Gasteiger partial charge in [-0.2, -0.15) is 0 Å². The number of piperazine rings is 1. The second kappa shape index (κ2) is 5.47. The molecule has 3 nitrogen and oxygen atoms in total. The molecule has 1 aliphatic heterocycles. The van der Waals surface area contributed by atoms with E-state index in [1.807, 2.05) is 6.08 Å². The monoisotopic (exact) mass is 256 g/mol. The van der Waals surface area contributed by atoms with E-state index in [9.17, 15) is 4.79 Å². The lowest BCUT2D eigenvalue weighted by molar-refractivity contribution is -0.115. The lowest BCUT2D eigenvalue weighted by Crippen LogP contribution is -2.46. The SMILES string of the molecule is O=C1C=C(N2CCN(c3ccccc3)CC2)CCC1. The summed E-state index contributed by atoms with van der Waals surface area (Å²) in [7, 11) is 0. The van der Waals surface area contributed by atoms with Crippen molar-refractivity contribution in [3.05, 3.63) is 42.1 Å². The van der Waals surface area contributed by atoms with E-state index in [4.69, 9.17) is 0 Å². The van der Waals surface area contributed by atoms with E-state index in [2.05, 4.69) is 40.1 Å². The van der Waals surface area contributed by atoms with E-state index in [0.29, 0.717) is 5.78 Å². The summed E-state index contributed by atoms with van der Waals surface area (Å²) in [4.78, 5) is 16.3. The zero-order valence-electron chi connectivity index (χ0n) is 11.2. The van der Waals surface area contributed by atoms with Crippen LogP contribution < -0.4 is 4.90 Å². The van der Waals surface area contributed by atoms with Gasteiger partial charge in [-0.15, -0.1) is 0 Å². The van der Waals surface area contributed by atoms with Crippen LogP contribution in [0.4, 0.5) is 5.69 Å². The van der Waals surface area contributed by atoms with Gasteiger partial charge in [0.15, 0.2) is 5.78 Å². The third-order valence-corrected chi connectivity index (χ3v) is 3.99. The van der Waals surface area contributed by atoms with Crippen LogP contribution >= 0.6 is 0 Å². The van der Waals surface area contributed by atoms with Crippen molar-refractivity contribution < 1.29 is 4.79 Å². The normalized spacial score (nSPS) is 20.4. The predicted molar refractivity (Wildman–Crippen MR) is 77.2 cm³/mol. The van der Waals surface area contributed by atoms with Crippen molar-refractivity contribution in [1.82, 2.24) is 4.90 Å². The predicted octanol–water partition coefficient (Wildman–Crippen LogP) is 2.45. The number of carbonyl (C=O) groups excluding carboxylic acids is 1. The lowest BCUT2D eigenvalue weighted by Gasteiger charge is -2.39. The molecule has 0 bridgehead atoms. The first kappa shape index (κ1) is 12.3. The van der Waals surface area contributed by atoms with Gasteiger partial charge in [0, 0.05) is 50.1 Å². The number of nitrogens with zero attached hydrogens (tertiary/aromatic N) is 2. The van der Waals surface area contributed by atoms with Gasteiger partial charge in [-0.3, -0.25) is 4.79 Å². The minimum atomic E-state index is 0.298. The zero-order chi connectivity index (χ0) is 13.1. The molecule has 100 valence electrons. The molecule has 0 spiro atoms. The van der Waals surface area contributed by atoms with Gasteiger partial charge >= 0.3 is 0 Å². The Kier molecular flexibility index (Phi) is 3.53. The fourth-order valence-electron chi connectivity index (χ4n) is 2.91. The Morgan fingerprint density at radius 2 is 1.53 bits per heavy atom. The lowest BCUT2D eigenvalue weighted by atomic mass is 10.0. The summed E-state index contributed by atoms with van der Waals surface area (Å²) in [6.45, 7) is 4.12. The van der Waals surface area contributed by atoms with Crippen LogP contribution in [-0.2, 0) is 4.79 Å². The van der Waals surface area contributed by atoms with Gasteiger partial charge in [0.2, 0.25) is 0 Å². The molecule has 0 N–H and O–H groups in total. The molecular weight excluding hydrogens is 236 g/mol. The van der Waals surface area contributed by atoms with Gasteiger partial charge in [0.05, 0.1) is 0 Å². The van der Waals surface area contributed by atoms with Crippen LogP contribution in [0.5, 0.6) is 0 Å². The minimum Gasteiger partial charge on any atom is -0.371 e. The van der Waals surface area contributed by atoms with Crippen molar-refractivity contribution in [2.45, 2.75) is 19.3 Å². The standard InChI is InChI=1S/C16H20N2O/c19-16-8-4-7-15(13-16)18-11-9-17(10-12-18)14-5-2-1-3-6-14/h1-3,5-6,13H,4,7-12H2. The third kappa shape index (κ3) is 2.80. The van der Waals surface area contributed by atoms with E-state index in [-0.39, 0.29) is 0 Å². The molecule has 1 aromatic rings. The molecule has 1 heterocycles. The number of hydrogen-bond donors (Lipinski definition) is 0. The smallest absolute Gasteiger partial charge is 0.157 e. The van der Waals surface area contributed by atoms with Gasteiger partial charge in [-0.05, 0) is 25.0 Å². The topological polar surface area (TPSA) is 23.6 Å². The molecule has 0 aromatic heterocycles. The Hall–Kier alpha value is -1.77. The summed E-state index contributed by atoms with van der Waals surface area (Å²) < 4.78 is 0. The van der Waals surface area contributed by atoms with Crippen LogP contribution in [0.3, 0.4) is 0 Å². The van der Waals surface area contributed by atoms with Crippen molar-refractivity contribution in [2.75, 3.05) is 31.1 Å². The fraction of sp³-hybridized carbons (Fsp3) is 0.438. The average Bonchev–Trinajstić information content (AvgIpc) is 2.48. The van der Waals surface area contributed by atoms with Gasteiger partial charge < -0.3 is 9.80 Å². The Morgan fingerprint density at radius 3 is 2.21 bits per heavy atom. The van der Waals surface area contributed by atoms with Gasteiger partial charge in [0.25, 0.3) is 0 Å². The first-order chi connectivity index (χ1) is 9.33. The maximum atomic E-state index is 11.5. The summed E-state index contributed by atoms with van der Waals surface area (Å²) in [6, 6.07) is 10.6. The number of carbonyl (C=O) groups is 1. The van der Waals surface area contributed by atoms with Crippen LogP contribution in [0, 0.1) is 0 Å². The molecule has 0 radical (unpaired) electrons. The molecule has 19 heavy (non-hydrogen) atoms. The number of para-hydroxylation sites is 1. The van der Waals surface area contributed by atoms with Gasteiger partial charge in [0.1, 0.15) is 0 Å². The summed E-state index contributed by atoms with van der Waals surface area (Å²) in [5, 5.41) is 0. The average molecular weight is 256 g/mol. The molecule has 1 aliphatic carbocycles. The molecule has 1 fully saturated rings. The quantitative estimate of drug-likeness (QED) is 0.812. The maximum absolute atomic E-state index is 11.5. The fourth-order valence-corrected chi connectivity index (χ4v) is 2.91.